The van der Waals surface area contributed by atoms with Crippen molar-refractivity contribution in [1.82, 2.24) is 5.32 Å². The van der Waals surface area contributed by atoms with Gasteiger partial charge in [-0.2, -0.15) is 0 Å². The molecule has 1 aliphatic rings. The van der Waals surface area contributed by atoms with Crippen molar-refractivity contribution in [1.29, 1.82) is 0 Å². The summed E-state index contributed by atoms with van der Waals surface area (Å²) in [5.74, 6) is 2.23. The Balaban J connectivity index is 1.94. The van der Waals surface area contributed by atoms with Crippen molar-refractivity contribution >= 4 is 23.0 Å². The standard InChI is InChI=1S/C17H26N2S/c1-12(2)15-10-9-13(3)11-16(15)19-17(20)18-14-7-5-4-6-8-14/h4-8,12-13,15-16H,9-11H2,1-3H3,(H2,18,19,20)/t13-,15-,16+/m1/s1. The third-order valence-corrected chi connectivity index (χ3v) is 4.59. The van der Waals surface area contributed by atoms with Crippen molar-refractivity contribution in [3.63, 3.8) is 0 Å². The largest absolute Gasteiger partial charge is 0.359 e. The molecule has 0 heterocycles. The van der Waals surface area contributed by atoms with Crippen LogP contribution in [-0.4, -0.2) is 11.2 Å². The zero-order chi connectivity index (χ0) is 14.5. The van der Waals surface area contributed by atoms with E-state index in [-0.39, 0.29) is 0 Å². The van der Waals surface area contributed by atoms with Gasteiger partial charge in [0.15, 0.2) is 5.11 Å². The maximum atomic E-state index is 5.47. The van der Waals surface area contributed by atoms with Gasteiger partial charge in [0.2, 0.25) is 0 Å². The predicted octanol–water partition coefficient (Wildman–Crippen LogP) is 4.43. The molecule has 110 valence electrons. The van der Waals surface area contributed by atoms with Gasteiger partial charge >= 0.3 is 0 Å². The van der Waals surface area contributed by atoms with E-state index in [2.05, 4.69) is 31.4 Å². The van der Waals surface area contributed by atoms with Crippen molar-refractivity contribution in [2.24, 2.45) is 17.8 Å². The molecule has 1 aliphatic carbocycles. The lowest BCUT2D eigenvalue weighted by Crippen LogP contribution is -2.47. The molecule has 3 atom stereocenters. The number of para-hydroxylation sites is 1. The highest BCUT2D eigenvalue weighted by molar-refractivity contribution is 7.80. The second kappa shape index (κ2) is 7.07. The fourth-order valence-corrected chi connectivity index (χ4v) is 3.49. The second-order valence-electron chi connectivity index (χ2n) is 6.40. The second-order valence-corrected chi connectivity index (χ2v) is 6.81. The van der Waals surface area contributed by atoms with Crippen LogP contribution in [0.5, 0.6) is 0 Å². The van der Waals surface area contributed by atoms with Crippen LogP contribution in [-0.2, 0) is 0 Å². The van der Waals surface area contributed by atoms with E-state index in [4.69, 9.17) is 12.2 Å². The highest BCUT2D eigenvalue weighted by Crippen LogP contribution is 2.33. The monoisotopic (exact) mass is 290 g/mol. The summed E-state index contributed by atoms with van der Waals surface area (Å²) in [5, 5.41) is 7.58. The van der Waals surface area contributed by atoms with E-state index in [1.54, 1.807) is 0 Å². The van der Waals surface area contributed by atoms with E-state index in [0.717, 1.165) is 22.6 Å². The summed E-state index contributed by atoms with van der Waals surface area (Å²) >= 11 is 5.47. The lowest BCUT2D eigenvalue weighted by atomic mass is 9.74. The summed E-state index contributed by atoms with van der Waals surface area (Å²) < 4.78 is 0. The minimum Gasteiger partial charge on any atom is -0.359 e. The zero-order valence-corrected chi connectivity index (χ0v) is 13.5. The van der Waals surface area contributed by atoms with Crippen LogP contribution in [0.1, 0.15) is 40.0 Å². The highest BCUT2D eigenvalue weighted by Gasteiger charge is 2.30. The molecule has 0 unspecified atom stereocenters. The Morgan fingerprint density at radius 2 is 1.90 bits per heavy atom. The summed E-state index contributed by atoms with van der Waals surface area (Å²) in [4.78, 5) is 0. The topological polar surface area (TPSA) is 24.1 Å². The molecule has 0 spiro atoms. The predicted molar refractivity (Wildman–Crippen MR) is 90.9 cm³/mol. The maximum Gasteiger partial charge on any atom is 0.171 e. The van der Waals surface area contributed by atoms with Gasteiger partial charge in [0.25, 0.3) is 0 Å². The lowest BCUT2D eigenvalue weighted by Gasteiger charge is -2.38. The molecule has 1 aromatic carbocycles. The molecule has 20 heavy (non-hydrogen) atoms. The van der Waals surface area contributed by atoms with E-state index in [9.17, 15) is 0 Å². The first-order valence-electron chi connectivity index (χ1n) is 7.69. The molecule has 1 aromatic rings. The molecular formula is C17H26N2S. The van der Waals surface area contributed by atoms with Gasteiger partial charge in [-0.1, -0.05) is 45.4 Å². The fourth-order valence-electron chi connectivity index (χ4n) is 3.23. The summed E-state index contributed by atoms with van der Waals surface area (Å²) in [7, 11) is 0. The Morgan fingerprint density at radius 1 is 1.20 bits per heavy atom. The first-order valence-corrected chi connectivity index (χ1v) is 8.09. The first kappa shape index (κ1) is 15.3. The third kappa shape index (κ3) is 4.20. The molecule has 0 aliphatic heterocycles. The summed E-state index contributed by atoms with van der Waals surface area (Å²) in [6.07, 6.45) is 3.88. The Hall–Kier alpha value is -1.09. The van der Waals surface area contributed by atoms with E-state index < -0.39 is 0 Å². The van der Waals surface area contributed by atoms with Crippen LogP contribution in [0.15, 0.2) is 30.3 Å². The van der Waals surface area contributed by atoms with Crippen molar-refractivity contribution in [2.45, 2.75) is 46.1 Å². The van der Waals surface area contributed by atoms with Gasteiger partial charge in [0.1, 0.15) is 0 Å². The van der Waals surface area contributed by atoms with E-state index in [0.29, 0.717) is 12.0 Å². The van der Waals surface area contributed by atoms with Crippen LogP contribution in [0, 0.1) is 17.8 Å². The van der Waals surface area contributed by atoms with E-state index >= 15 is 0 Å². The minimum absolute atomic E-state index is 0.502. The lowest BCUT2D eigenvalue weighted by molar-refractivity contribution is 0.186. The van der Waals surface area contributed by atoms with Gasteiger partial charge in [-0.15, -0.1) is 0 Å². The molecule has 2 N–H and O–H groups in total. The number of benzene rings is 1. The van der Waals surface area contributed by atoms with Crippen LogP contribution in [0.3, 0.4) is 0 Å². The molecule has 0 aromatic heterocycles. The number of anilines is 1. The molecule has 0 saturated heterocycles. The number of hydrogen-bond acceptors (Lipinski definition) is 1. The molecule has 0 amide bonds. The van der Waals surface area contributed by atoms with Gasteiger partial charge in [0, 0.05) is 11.7 Å². The molecule has 3 heteroatoms. The van der Waals surface area contributed by atoms with Crippen LogP contribution in [0.2, 0.25) is 0 Å². The third-order valence-electron chi connectivity index (χ3n) is 4.37. The van der Waals surface area contributed by atoms with Gasteiger partial charge in [-0.3, -0.25) is 0 Å². The number of hydrogen-bond donors (Lipinski definition) is 2. The molecule has 1 fully saturated rings. The van der Waals surface area contributed by atoms with Crippen molar-refractivity contribution in [3.05, 3.63) is 30.3 Å². The van der Waals surface area contributed by atoms with Crippen LogP contribution in [0.4, 0.5) is 5.69 Å². The van der Waals surface area contributed by atoms with Crippen LogP contribution in [0.25, 0.3) is 0 Å². The Kier molecular flexibility index (Phi) is 5.41. The summed E-state index contributed by atoms with van der Waals surface area (Å²) in [5.41, 5.74) is 1.05. The van der Waals surface area contributed by atoms with Gasteiger partial charge < -0.3 is 10.6 Å². The Bertz CT molecular complexity index is 430. The molecule has 0 radical (unpaired) electrons. The quantitative estimate of drug-likeness (QED) is 0.805. The Labute approximate surface area is 128 Å². The normalized spacial score (nSPS) is 26.3. The van der Waals surface area contributed by atoms with E-state index in [1.807, 2.05) is 30.3 Å². The minimum atomic E-state index is 0.502. The van der Waals surface area contributed by atoms with Crippen molar-refractivity contribution in [2.75, 3.05) is 5.32 Å². The number of rotatable bonds is 3. The number of nitrogens with one attached hydrogen (secondary N) is 2. The summed E-state index contributed by atoms with van der Waals surface area (Å²) in [6, 6.07) is 10.6. The maximum absolute atomic E-state index is 5.47. The average Bonchev–Trinajstić information content (AvgIpc) is 2.39. The number of thiocarbonyl (C=S) groups is 1. The Morgan fingerprint density at radius 3 is 2.55 bits per heavy atom. The van der Waals surface area contributed by atoms with Crippen molar-refractivity contribution in [3.8, 4) is 0 Å². The van der Waals surface area contributed by atoms with Crippen LogP contribution < -0.4 is 10.6 Å². The molecular weight excluding hydrogens is 264 g/mol. The smallest absolute Gasteiger partial charge is 0.171 e. The molecule has 0 bridgehead atoms. The zero-order valence-electron chi connectivity index (χ0n) is 12.7. The average molecular weight is 290 g/mol. The molecule has 1 saturated carbocycles. The van der Waals surface area contributed by atoms with Gasteiger partial charge in [-0.05, 0) is 54.9 Å². The van der Waals surface area contributed by atoms with Crippen molar-refractivity contribution < 1.29 is 0 Å². The first-order chi connectivity index (χ1) is 9.56. The van der Waals surface area contributed by atoms with Crippen LogP contribution >= 0.6 is 12.2 Å². The molecule has 2 rings (SSSR count). The molecule has 2 nitrogen and oxygen atoms in total. The van der Waals surface area contributed by atoms with Gasteiger partial charge in [-0.25, -0.2) is 0 Å². The van der Waals surface area contributed by atoms with Gasteiger partial charge in [0.05, 0.1) is 0 Å². The fraction of sp³-hybridized carbons (Fsp3) is 0.588. The van der Waals surface area contributed by atoms with E-state index in [1.165, 1.54) is 19.3 Å². The summed E-state index contributed by atoms with van der Waals surface area (Å²) in [6.45, 7) is 6.99. The SMILES string of the molecule is CC(C)[C@H]1CC[C@@H](C)C[C@@H]1NC(=S)Nc1ccccc1. The highest BCUT2D eigenvalue weighted by atomic mass is 32.1.